The normalized spacial score (nSPS) is 14.7. The molecule has 5 rings (SSSR count). The van der Waals surface area contributed by atoms with Gasteiger partial charge in [0.15, 0.2) is 29.5 Å². The molecule has 256 valence electrons. The highest BCUT2D eigenvalue weighted by atomic mass is 32.2. The number of rotatable bonds is 3. The van der Waals surface area contributed by atoms with Gasteiger partial charge in [0.25, 0.3) is 17.3 Å². The SMILES string of the molecule is C.C.CS(=O)(=O)C1=CC(=[N+]=[N-])C(=O)C=C1.CS(=O)(=O)C1=CC(=[N+]=[N-])C(=O)c2ccccc21.CS(=O)(=O)c1cccc2c1C=CC(=[N+]=[N-])C2=O. The van der Waals surface area contributed by atoms with Crippen LogP contribution in [0.2, 0.25) is 0 Å². The summed E-state index contributed by atoms with van der Waals surface area (Å²) in [6, 6.07) is 10.7. The van der Waals surface area contributed by atoms with E-state index in [1.807, 2.05) is 0 Å². The van der Waals surface area contributed by atoms with Gasteiger partial charge in [-0.05, 0) is 24.3 Å². The van der Waals surface area contributed by atoms with Gasteiger partial charge >= 0.3 is 17.1 Å². The predicted molar refractivity (Wildman–Crippen MR) is 183 cm³/mol. The maximum atomic E-state index is 11.8. The fourth-order valence-electron chi connectivity index (χ4n) is 4.18. The van der Waals surface area contributed by atoms with Crippen molar-refractivity contribution in [2.75, 3.05) is 18.8 Å². The lowest BCUT2D eigenvalue weighted by Crippen LogP contribution is -2.22. The molecule has 0 N–H and O–H groups in total. The number of hydrogen-bond donors (Lipinski definition) is 0. The molecule has 2 aromatic carbocycles. The summed E-state index contributed by atoms with van der Waals surface area (Å²) in [6.07, 6.45) is 10.2. The summed E-state index contributed by atoms with van der Waals surface area (Å²) >= 11 is 0. The van der Waals surface area contributed by atoms with Crippen LogP contribution in [0.1, 0.15) is 46.7 Å². The van der Waals surface area contributed by atoms with Crippen molar-refractivity contribution in [3.05, 3.63) is 117 Å². The monoisotopic (exact) mass is 726 g/mol. The Labute approximate surface area is 283 Å². The second-order valence-electron chi connectivity index (χ2n) is 9.78. The Bertz CT molecular complexity index is 2390. The molecule has 0 amide bonds. The third-order valence-corrected chi connectivity index (χ3v) is 9.77. The quantitative estimate of drug-likeness (QED) is 0.255. The van der Waals surface area contributed by atoms with Crippen LogP contribution in [0.3, 0.4) is 0 Å². The van der Waals surface area contributed by atoms with Gasteiger partial charge in [0.1, 0.15) is 0 Å². The average molecular weight is 727 g/mol. The molecule has 15 nitrogen and oxygen atoms in total. The summed E-state index contributed by atoms with van der Waals surface area (Å²) in [6.45, 7) is 0. The topological polar surface area (TPSA) is 263 Å². The Morgan fingerprint density at radius 1 is 0.531 bits per heavy atom. The van der Waals surface area contributed by atoms with E-state index in [9.17, 15) is 39.6 Å². The van der Waals surface area contributed by atoms with Gasteiger partial charge in [0, 0.05) is 47.1 Å². The standard InChI is InChI=1S/2C11H8N2O3S.C7H6N2O3S.2CH4/c1-17(15,16)10-4-2-3-8-7(10)5-6-9(13-12)11(8)14;1-17(15,16)10-6-9(13-12)11(14)8-5-3-2-4-7(8)10;1-13(11,12)5-2-3-7(10)6(4-5)9-8;;/h2*2-6H,1H3;2-4H,1H3;2*1H4. The summed E-state index contributed by atoms with van der Waals surface area (Å²) in [4.78, 5) is 42.8. The van der Waals surface area contributed by atoms with E-state index < -0.39 is 46.9 Å². The molecule has 2 aromatic rings. The summed E-state index contributed by atoms with van der Waals surface area (Å²) in [5.41, 5.74) is 26.1. The number of allylic oxidation sites excluding steroid dienone is 5. The Kier molecular flexibility index (Phi) is 13.5. The highest BCUT2D eigenvalue weighted by Crippen LogP contribution is 2.28. The van der Waals surface area contributed by atoms with Gasteiger partial charge < -0.3 is 16.6 Å². The summed E-state index contributed by atoms with van der Waals surface area (Å²) in [5.74, 6) is -1.50. The lowest BCUT2D eigenvalue weighted by molar-refractivity contribution is -0.112. The Morgan fingerprint density at radius 2 is 1.06 bits per heavy atom. The number of benzene rings is 2. The van der Waals surface area contributed by atoms with Crippen molar-refractivity contribution in [1.29, 1.82) is 0 Å². The molecule has 0 fully saturated rings. The number of fused-ring (bicyclic) bond motifs is 2. The molecule has 0 radical (unpaired) electrons. The van der Waals surface area contributed by atoms with Crippen LogP contribution in [-0.4, -0.2) is 92.9 Å². The number of carbonyl (C=O) groups is 3. The average Bonchev–Trinajstić information content (AvgIpc) is 3.00. The smallest absolute Gasteiger partial charge is 0.361 e. The summed E-state index contributed by atoms with van der Waals surface area (Å²) in [5, 5.41) is 0. The summed E-state index contributed by atoms with van der Waals surface area (Å²) in [7, 11) is -10.2. The molecule has 0 aliphatic heterocycles. The first-order valence-electron chi connectivity index (χ1n) is 12.8. The lowest BCUT2D eigenvalue weighted by atomic mass is 9.95. The first-order chi connectivity index (χ1) is 21.8. The molecule has 18 heteroatoms. The first-order valence-corrected chi connectivity index (χ1v) is 18.4. The van der Waals surface area contributed by atoms with Gasteiger partial charge in [-0.2, -0.15) is 14.4 Å². The number of sulfone groups is 3. The molecule has 0 bridgehead atoms. The summed E-state index contributed by atoms with van der Waals surface area (Å²) < 4.78 is 68.3. The molecular formula is C31H30N6O9S3. The van der Waals surface area contributed by atoms with Crippen LogP contribution < -0.4 is 0 Å². The molecular weight excluding hydrogens is 697 g/mol. The largest absolute Gasteiger partial charge is 0.364 e. The van der Waals surface area contributed by atoms with Gasteiger partial charge in [0.2, 0.25) is 0 Å². The van der Waals surface area contributed by atoms with Crippen molar-refractivity contribution in [2.45, 2.75) is 19.7 Å². The van der Waals surface area contributed by atoms with Crippen LogP contribution in [0, 0.1) is 0 Å². The van der Waals surface area contributed by atoms with Gasteiger partial charge in [-0.25, -0.2) is 25.3 Å². The molecule has 3 aliphatic carbocycles. The molecule has 0 spiro atoms. The first kappa shape index (κ1) is 41.4. The van der Waals surface area contributed by atoms with E-state index in [2.05, 4.69) is 14.4 Å². The van der Waals surface area contributed by atoms with E-state index in [4.69, 9.17) is 16.6 Å². The number of nitrogens with zero attached hydrogens (tertiary/aromatic N) is 6. The van der Waals surface area contributed by atoms with Gasteiger partial charge in [-0.3, -0.25) is 14.4 Å². The zero-order valence-electron chi connectivity index (χ0n) is 24.6. The van der Waals surface area contributed by atoms with Crippen LogP contribution >= 0.6 is 0 Å². The van der Waals surface area contributed by atoms with E-state index in [1.54, 1.807) is 18.2 Å². The fourth-order valence-corrected chi connectivity index (χ4v) is 6.63. The molecule has 0 unspecified atom stereocenters. The maximum Gasteiger partial charge on any atom is 0.364 e. The number of hydrogen-bond acceptors (Lipinski definition) is 9. The van der Waals surface area contributed by atoms with Crippen molar-refractivity contribution in [3.63, 3.8) is 0 Å². The fraction of sp³-hybridized carbons (Fsp3) is 0.161. The molecule has 0 aromatic heterocycles. The number of carbonyl (C=O) groups excluding carboxylic acids is 3. The van der Waals surface area contributed by atoms with Crippen LogP contribution in [-0.2, 0) is 34.3 Å². The Balaban J connectivity index is 0.000000364. The minimum atomic E-state index is -3.49. The maximum absolute atomic E-state index is 11.8. The second kappa shape index (κ2) is 16.0. The van der Waals surface area contributed by atoms with Crippen molar-refractivity contribution >= 4 is 75.0 Å². The van der Waals surface area contributed by atoms with Crippen molar-refractivity contribution in [1.82, 2.24) is 0 Å². The third-order valence-electron chi connectivity index (χ3n) is 6.37. The molecule has 3 aliphatic rings. The highest BCUT2D eigenvalue weighted by Gasteiger charge is 2.33. The van der Waals surface area contributed by atoms with Crippen molar-refractivity contribution < 1.29 is 54.0 Å². The second-order valence-corrected chi connectivity index (χ2v) is 15.8. The van der Waals surface area contributed by atoms with Gasteiger partial charge in [-0.15, -0.1) is 0 Å². The predicted octanol–water partition coefficient (Wildman–Crippen LogP) is 2.91. The van der Waals surface area contributed by atoms with E-state index >= 15 is 0 Å². The number of ketones is 3. The number of Topliss-reactive ketones (excluding diaryl/α,β-unsaturated/α-hetero) is 2. The third kappa shape index (κ3) is 9.49. The molecule has 0 saturated carbocycles. The van der Waals surface area contributed by atoms with Gasteiger partial charge in [0.05, 0.1) is 26.9 Å². The zero-order chi connectivity index (χ0) is 35.3. The van der Waals surface area contributed by atoms with Crippen molar-refractivity contribution in [2.24, 2.45) is 0 Å². The Hall–Kier alpha value is -5.60. The minimum absolute atomic E-state index is 0. The zero-order valence-corrected chi connectivity index (χ0v) is 27.0. The van der Waals surface area contributed by atoms with E-state index in [1.165, 1.54) is 42.5 Å². The van der Waals surface area contributed by atoms with E-state index in [0.717, 1.165) is 37.0 Å². The van der Waals surface area contributed by atoms with Crippen LogP contribution in [0.5, 0.6) is 0 Å². The van der Waals surface area contributed by atoms with E-state index in [0.29, 0.717) is 11.1 Å². The molecule has 49 heavy (non-hydrogen) atoms. The minimum Gasteiger partial charge on any atom is -0.361 e. The van der Waals surface area contributed by atoms with E-state index in [-0.39, 0.29) is 57.8 Å². The molecule has 0 saturated heterocycles. The highest BCUT2D eigenvalue weighted by molar-refractivity contribution is 8.00. The van der Waals surface area contributed by atoms with Crippen LogP contribution in [0.15, 0.2) is 82.6 Å². The lowest BCUT2D eigenvalue weighted by Gasteiger charge is -2.12. The Morgan fingerprint density at radius 3 is 1.57 bits per heavy atom. The van der Waals surface area contributed by atoms with Crippen LogP contribution in [0.4, 0.5) is 0 Å². The van der Waals surface area contributed by atoms with Crippen molar-refractivity contribution in [3.8, 4) is 0 Å². The van der Waals surface area contributed by atoms with Gasteiger partial charge in [-0.1, -0.05) is 51.3 Å². The molecule has 0 heterocycles. The van der Waals surface area contributed by atoms with Crippen LogP contribution in [0.25, 0.3) is 27.6 Å². The molecule has 0 atom stereocenters.